The molecular weight excluding hydrogens is 1090 g/mol. The standard InChI is InChI=1S/C59H110N16O10/c1-41(76)67-42(23-5-17-35-60)48(77)68-46(27-9-21-39-64)52(81)74-58(31-13-3-14-32-58)55(84)72-44(25-7-19-37-62)50(79)70-47(28-10-22-40-65)53(82)75-59(33-15-4-16-34-59)56(85)71-43(24-6-18-36-61)49(78)69-45(26-8-20-38-63)51(80)73-57(54(66)83)29-11-2-12-30-57/h42-47H,2-40,60-65H2,1H3,(H2,66,83)(H,67,76)(H,68,77)(H,69,78)(H,70,79)(H,71,85)(H,72,84)(H,73,80)(H,74,81)(H,75,82)/t42-,43-,44-,45-,46-,47-/m0/s1. The van der Waals surface area contributed by atoms with E-state index in [0.717, 1.165) is 19.3 Å². The molecule has 0 unspecified atom stereocenters. The Labute approximate surface area is 504 Å². The summed E-state index contributed by atoms with van der Waals surface area (Å²) in [6.45, 7) is 3.34. The van der Waals surface area contributed by atoms with Crippen LogP contribution in [0.5, 0.6) is 0 Å². The van der Waals surface area contributed by atoms with Gasteiger partial charge >= 0.3 is 0 Å². The lowest BCUT2D eigenvalue weighted by Gasteiger charge is -2.39. The van der Waals surface area contributed by atoms with Crippen molar-refractivity contribution in [2.45, 2.75) is 272 Å². The summed E-state index contributed by atoms with van der Waals surface area (Å²) in [6.07, 6.45) is 15.0. The predicted octanol–water partition coefficient (Wildman–Crippen LogP) is -0.368. The van der Waals surface area contributed by atoms with Crippen LogP contribution in [0.25, 0.3) is 0 Å². The van der Waals surface area contributed by atoms with E-state index in [0.29, 0.717) is 174 Å². The van der Waals surface area contributed by atoms with Crippen LogP contribution in [0.2, 0.25) is 0 Å². The molecule has 3 fully saturated rings. The van der Waals surface area contributed by atoms with Gasteiger partial charge in [-0.25, -0.2) is 0 Å². The van der Waals surface area contributed by atoms with E-state index in [1.165, 1.54) is 6.92 Å². The maximum absolute atomic E-state index is 14.9. The van der Waals surface area contributed by atoms with Crippen molar-refractivity contribution in [1.82, 2.24) is 47.9 Å². The number of carbonyl (C=O) groups excluding carboxylic acids is 10. The summed E-state index contributed by atoms with van der Waals surface area (Å²) < 4.78 is 0. The summed E-state index contributed by atoms with van der Waals surface area (Å²) in [5, 5.41) is 26.1. The van der Waals surface area contributed by atoms with Gasteiger partial charge in [-0.15, -0.1) is 0 Å². The van der Waals surface area contributed by atoms with Crippen molar-refractivity contribution in [3.63, 3.8) is 0 Å². The largest absolute Gasteiger partial charge is 0.368 e. The van der Waals surface area contributed by atoms with Crippen LogP contribution in [0.1, 0.15) is 219 Å². The number of unbranched alkanes of at least 4 members (excludes halogenated alkanes) is 6. The number of rotatable bonds is 42. The van der Waals surface area contributed by atoms with Gasteiger partial charge in [0.15, 0.2) is 0 Å². The maximum atomic E-state index is 14.9. The highest BCUT2D eigenvalue weighted by molar-refractivity contribution is 6.00. The lowest BCUT2D eigenvalue weighted by Crippen LogP contribution is -2.67. The molecule has 3 saturated carbocycles. The van der Waals surface area contributed by atoms with Gasteiger partial charge < -0.3 is 88.0 Å². The number of amides is 10. The number of nitrogens with two attached hydrogens (primary N) is 7. The Balaban J connectivity index is 1.94. The Bertz CT molecular complexity index is 2100. The average molecular weight is 1200 g/mol. The number of nitrogens with one attached hydrogen (secondary N) is 9. The second-order valence-corrected chi connectivity index (χ2v) is 24.0. The Morgan fingerprint density at radius 2 is 0.529 bits per heavy atom. The molecule has 10 amide bonds. The van der Waals surface area contributed by atoms with E-state index >= 15 is 0 Å². The number of hydrogen-bond acceptors (Lipinski definition) is 16. The second-order valence-electron chi connectivity index (χ2n) is 24.0. The number of hydrogen-bond donors (Lipinski definition) is 16. The van der Waals surface area contributed by atoms with Crippen LogP contribution in [0.4, 0.5) is 0 Å². The van der Waals surface area contributed by atoms with Crippen LogP contribution in [-0.4, -0.2) is 151 Å². The third-order valence-corrected chi connectivity index (χ3v) is 17.1. The minimum absolute atomic E-state index is 0.123. The van der Waals surface area contributed by atoms with Crippen LogP contribution in [0.3, 0.4) is 0 Å². The minimum Gasteiger partial charge on any atom is -0.368 e. The van der Waals surface area contributed by atoms with Gasteiger partial charge in [0.2, 0.25) is 59.1 Å². The van der Waals surface area contributed by atoms with Gasteiger partial charge in [-0.2, -0.15) is 0 Å². The zero-order valence-electron chi connectivity index (χ0n) is 51.2. The molecule has 3 aliphatic carbocycles. The van der Waals surface area contributed by atoms with Crippen LogP contribution in [0, 0.1) is 0 Å². The molecule has 0 spiro atoms. The molecule has 85 heavy (non-hydrogen) atoms. The fraction of sp³-hybridized carbons (Fsp3) is 0.831. The van der Waals surface area contributed by atoms with Crippen molar-refractivity contribution in [3.05, 3.63) is 0 Å². The van der Waals surface area contributed by atoms with Crippen LogP contribution in [-0.2, 0) is 47.9 Å². The van der Waals surface area contributed by atoms with Gasteiger partial charge in [-0.1, -0.05) is 57.8 Å². The third kappa shape index (κ3) is 25.0. The first-order chi connectivity index (χ1) is 40.8. The summed E-state index contributed by atoms with van der Waals surface area (Å²) in [4.78, 5) is 141. The van der Waals surface area contributed by atoms with Crippen molar-refractivity contribution in [1.29, 1.82) is 0 Å². The molecule has 0 aromatic carbocycles. The molecule has 0 radical (unpaired) electrons. The Kier molecular flexibility index (Phi) is 34.7. The number of carbonyl (C=O) groups is 10. The summed E-state index contributed by atoms with van der Waals surface area (Å²) in [7, 11) is 0. The van der Waals surface area contributed by atoms with Crippen molar-refractivity contribution >= 4 is 59.1 Å². The highest BCUT2D eigenvalue weighted by Gasteiger charge is 2.47. The molecule has 0 bridgehead atoms. The summed E-state index contributed by atoms with van der Waals surface area (Å²) in [6, 6.07) is -6.66. The summed E-state index contributed by atoms with van der Waals surface area (Å²) in [5.74, 6) is -5.95. The third-order valence-electron chi connectivity index (χ3n) is 17.1. The summed E-state index contributed by atoms with van der Waals surface area (Å²) >= 11 is 0. The molecule has 0 heterocycles. The predicted molar refractivity (Wildman–Crippen MR) is 326 cm³/mol. The summed E-state index contributed by atoms with van der Waals surface area (Å²) in [5.41, 5.74) is 36.6. The zero-order chi connectivity index (χ0) is 62.7. The van der Waals surface area contributed by atoms with Gasteiger partial charge in [0, 0.05) is 6.92 Å². The molecule has 0 aromatic heterocycles. The van der Waals surface area contributed by atoms with E-state index in [-0.39, 0.29) is 57.8 Å². The fourth-order valence-electron chi connectivity index (χ4n) is 11.9. The van der Waals surface area contributed by atoms with Crippen LogP contribution < -0.4 is 88.0 Å². The SMILES string of the molecule is CC(=O)N[C@@H](CCCCN)C(=O)N[C@@H](CCCCN)C(=O)NC1(C(=O)N[C@@H](CCCCN)C(=O)N[C@@H](CCCCN)C(=O)NC2(C(=O)N[C@@H](CCCCN)C(=O)N[C@@H](CCCCN)C(=O)NC3(C(N)=O)CCCCC3)CCCCC2)CCCCC1. The first-order valence-electron chi connectivity index (χ1n) is 32.1. The van der Waals surface area contributed by atoms with Crippen LogP contribution in [0.15, 0.2) is 0 Å². The average Bonchev–Trinajstić information content (AvgIpc) is 3.38. The molecule has 3 rings (SSSR count). The molecule has 26 heteroatoms. The van der Waals surface area contributed by atoms with E-state index in [9.17, 15) is 47.9 Å². The van der Waals surface area contributed by atoms with E-state index in [1.54, 1.807) is 0 Å². The fourth-order valence-corrected chi connectivity index (χ4v) is 11.9. The van der Waals surface area contributed by atoms with E-state index in [2.05, 4.69) is 47.9 Å². The van der Waals surface area contributed by atoms with Gasteiger partial charge in [0.1, 0.15) is 52.9 Å². The quantitative estimate of drug-likeness (QED) is 0.0347. The van der Waals surface area contributed by atoms with Gasteiger partial charge in [0.05, 0.1) is 0 Å². The van der Waals surface area contributed by atoms with Crippen molar-refractivity contribution < 1.29 is 47.9 Å². The monoisotopic (exact) mass is 1200 g/mol. The van der Waals surface area contributed by atoms with E-state index in [1.807, 2.05) is 0 Å². The lowest BCUT2D eigenvalue weighted by atomic mass is 9.80. The molecular formula is C59H110N16O10. The molecule has 0 aliphatic heterocycles. The first kappa shape index (κ1) is 73.7. The molecule has 0 aromatic rings. The molecule has 6 atom stereocenters. The first-order valence-corrected chi connectivity index (χ1v) is 32.1. The van der Waals surface area contributed by atoms with Gasteiger partial charge in [0.25, 0.3) is 0 Å². The zero-order valence-corrected chi connectivity index (χ0v) is 51.2. The van der Waals surface area contributed by atoms with E-state index < -0.39 is 112 Å². The topological polar surface area (TPSA) is 461 Å². The maximum Gasteiger partial charge on any atom is 0.246 e. The molecule has 26 nitrogen and oxygen atoms in total. The number of primary amides is 1. The minimum atomic E-state index is -1.51. The van der Waals surface area contributed by atoms with Crippen molar-refractivity contribution in [2.75, 3.05) is 39.3 Å². The molecule has 23 N–H and O–H groups in total. The normalized spacial score (nSPS) is 18.3. The Morgan fingerprint density at radius 1 is 0.306 bits per heavy atom. The van der Waals surface area contributed by atoms with E-state index in [4.69, 9.17) is 40.1 Å². The van der Waals surface area contributed by atoms with Crippen molar-refractivity contribution in [3.8, 4) is 0 Å². The molecule has 3 aliphatic rings. The second kappa shape index (κ2) is 40.0. The Morgan fingerprint density at radius 3 is 0.765 bits per heavy atom. The van der Waals surface area contributed by atoms with Gasteiger partial charge in [-0.05, 0) is 193 Å². The smallest absolute Gasteiger partial charge is 0.246 e. The highest BCUT2D eigenvalue weighted by Crippen LogP contribution is 2.32. The lowest BCUT2D eigenvalue weighted by molar-refractivity contribution is -0.140. The highest BCUT2D eigenvalue weighted by atomic mass is 16.2. The molecule has 0 saturated heterocycles. The Hall–Kier alpha value is -5.54. The molecule has 486 valence electrons. The van der Waals surface area contributed by atoms with Crippen LogP contribution >= 0.6 is 0 Å². The van der Waals surface area contributed by atoms with Crippen molar-refractivity contribution in [2.24, 2.45) is 40.1 Å². The van der Waals surface area contributed by atoms with Gasteiger partial charge in [-0.3, -0.25) is 47.9 Å².